The summed E-state index contributed by atoms with van der Waals surface area (Å²) in [5.74, 6) is -0.0182. The second kappa shape index (κ2) is 4.75. The van der Waals surface area contributed by atoms with Crippen LogP contribution in [0.25, 0.3) is 0 Å². The molecule has 1 amide bonds. The molecule has 0 aliphatic heterocycles. The summed E-state index contributed by atoms with van der Waals surface area (Å²) in [7, 11) is 3.70. The molecule has 0 bridgehead atoms. The third kappa shape index (κ3) is 3.64. The van der Waals surface area contributed by atoms with Crippen LogP contribution < -0.4 is 5.32 Å². The second-order valence-electron chi connectivity index (χ2n) is 4.45. The Morgan fingerprint density at radius 2 is 2.00 bits per heavy atom. The van der Waals surface area contributed by atoms with E-state index >= 15 is 0 Å². The number of rotatable bonds is 4. The predicted molar refractivity (Wildman–Crippen MR) is 55.0 cm³/mol. The zero-order valence-corrected chi connectivity index (χ0v) is 9.05. The van der Waals surface area contributed by atoms with E-state index in [4.69, 9.17) is 0 Å². The van der Waals surface area contributed by atoms with E-state index in [0.29, 0.717) is 13.1 Å². The molecule has 0 radical (unpaired) electrons. The van der Waals surface area contributed by atoms with Gasteiger partial charge in [0, 0.05) is 6.54 Å². The van der Waals surface area contributed by atoms with E-state index < -0.39 is 5.60 Å². The molecule has 0 aromatic heterocycles. The summed E-state index contributed by atoms with van der Waals surface area (Å²) in [5.41, 5.74) is -0.637. The molecule has 0 unspecified atom stereocenters. The van der Waals surface area contributed by atoms with E-state index in [1.165, 1.54) is 0 Å². The number of likely N-dealkylation sites (N-methyl/N-ethyl adjacent to an activating group) is 1. The average molecular weight is 200 g/mol. The van der Waals surface area contributed by atoms with Gasteiger partial charge in [-0.05, 0) is 26.9 Å². The number of hydrogen-bond acceptors (Lipinski definition) is 3. The molecule has 4 nitrogen and oxygen atoms in total. The molecule has 82 valence electrons. The highest BCUT2D eigenvalue weighted by atomic mass is 16.3. The van der Waals surface area contributed by atoms with Gasteiger partial charge < -0.3 is 15.3 Å². The Balaban J connectivity index is 2.22. The average Bonchev–Trinajstić information content (AvgIpc) is 2.49. The fourth-order valence-electron chi connectivity index (χ4n) is 1.82. The Bertz CT molecular complexity index is 198. The molecule has 0 aromatic rings. The smallest absolute Gasteiger partial charge is 0.234 e. The molecule has 1 rings (SSSR count). The summed E-state index contributed by atoms with van der Waals surface area (Å²) in [4.78, 5) is 13.1. The standard InChI is InChI=1S/C10H20N2O2/c1-12(2)7-9(13)11-8-10(14)5-3-4-6-10/h14H,3-8H2,1-2H3,(H,11,13). The molecule has 0 atom stereocenters. The van der Waals surface area contributed by atoms with Gasteiger partial charge in [0.15, 0.2) is 0 Å². The topological polar surface area (TPSA) is 52.6 Å². The zero-order valence-electron chi connectivity index (χ0n) is 9.05. The van der Waals surface area contributed by atoms with Crippen LogP contribution >= 0.6 is 0 Å². The van der Waals surface area contributed by atoms with E-state index in [1.807, 2.05) is 19.0 Å². The Morgan fingerprint density at radius 1 is 1.43 bits per heavy atom. The monoisotopic (exact) mass is 200 g/mol. The minimum atomic E-state index is -0.637. The third-order valence-corrected chi connectivity index (χ3v) is 2.61. The normalized spacial score (nSPS) is 20.0. The summed E-state index contributed by atoms with van der Waals surface area (Å²) in [5, 5.41) is 12.7. The number of carbonyl (C=O) groups is 1. The van der Waals surface area contributed by atoms with E-state index in [0.717, 1.165) is 25.7 Å². The van der Waals surface area contributed by atoms with Gasteiger partial charge in [0.25, 0.3) is 0 Å². The Hall–Kier alpha value is -0.610. The Kier molecular flexibility index (Phi) is 3.89. The number of nitrogens with one attached hydrogen (secondary N) is 1. The summed E-state index contributed by atoms with van der Waals surface area (Å²) in [6, 6.07) is 0. The van der Waals surface area contributed by atoms with E-state index in [9.17, 15) is 9.90 Å². The molecule has 1 saturated carbocycles. The van der Waals surface area contributed by atoms with Crippen molar-refractivity contribution < 1.29 is 9.90 Å². The minimum absolute atomic E-state index is 0.0182. The van der Waals surface area contributed by atoms with Crippen LogP contribution in [0.3, 0.4) is 0 Å². The molecule has 2 N–H and O–H groups in total. The van der Waals surface area contributed by atoms with Crippen molar-refractivity contribution in [1.29, 1.82) is 0 Å². The quantitative estimate of drug-likeness (QED) is 0.670. The molecule has 0 saturated heterocycles. The lowest BCUT2D eigenvalue weighted by atomic mass is 10.0. The summed E-state index contributed by atoms with van der Waals surface area (Å²) < 4.78 is 0. The van der Waals surface area contributed by atoms with E-state index in [2.05, 4.69) is 5.32 Å². The SMILES string of the molecule is CN(C)CC(=O)NCC1(O)CCCC1. The maximum absolute atomic E-state index is 11.3. The van der Waals surface area contributed by atoms with E-state index in [1.54, 1.807) is 0 Å². The number of aliphatic hydroxyl groups is 1. The molecule has 4 heteroatoms. The molecule has 0 spiro atoms. The van der Waals surface area contributed by atoms with Crippen LogP contribution in [0, 0.1) is 0 Å². The van der Waals surface area contributed by atoms with Gasteiger partial charge in [-0.25, -0.2) is 0 Å². The highest BCUT2D eigenvalue weighted by Crippen LogP contribution is 2.28. The lowest BCUT2D eigenvalue weighted by molar-refractivity contribution is -0.122. The summed E-state index contributed by atoms with van der Waals surface area (Å²) >= 11 is 0. The van der Waals surface area contributed by atoms with Crippen molar-refractivity contribution in [2.75, 3.05) is 27.2 Å². The third-order valence-electron chi connectivity index (χ3n) is 2.61. The van der Waals surface area contributed by atoms with Crippen molar-refractivity contribution in [2.24, 2.45) is 0 Å². The molecule has 0 heterocycles. The van der Waals surface area contributed by atoms with Crippen molar-refractivity contribution in [3.63, 3.8) is 0 Å². The predicted octanol–water partition coefficient (Wildman–Crippen LogP) is -0.0307. The molecule has 1 fully saturated rings. The molecular formula is C10H20N2O2. The maximum atomic E-state index is 11.3. The van der Waals surface area contributed by atoms with Gasteiger partial charge in [-0.3, -0.25) is 4.79 Å². The van der Waals surface area contributed by atoms with Crippen molar-refractivity contribution in [3.8, 4) is 0 Å². The van der Waals surface area contributed by atoms with Gasteiger partial charge >= 0.3 is 0 Å². The number of hydrogen-bond donors (Lipinski definition) is 2. The first kappa shape index (κ1) is 11.5. The van der Waals surface area contributed by atoms with Gasteiger partial charge in [0.1, 0.15) is 0 Å². The van der Waals surface area contributed by atoms with Crippen LogP contribution in [-0.4, -0.2) is 48.7 Å². The fraction of sp³-hybridized carbons (Fsp3) is 0.900. The molecule has 1 aliphatic rings. The van der Waals surface area contributed by atoms with Crippen LogP contribution in [0.15, 0.2) is 0 Å². The zero-order chi connectivity index (χ0) is 10.6. The largest absolute Gasteiger partial charge is 0.388 e. The minimum Gasteiger partial charge on any atom is -0.388 e. The van der Waals surface area contributed by atoms with Gasteiger partial charge in [-0.1, -0.05) is 12.8 Å². The van der Waals surface area contributed by atoms with E-state index in [-0.39, 0.29) is 5.91 Å². The van der Waals surface area contributed by atoms with Gasteiger partial charge in [0.05, 0.1) is 12.1 Å². The highest BCUT2D eigenvalue weighted by molar-refractivity contribution is 5.78. The van der Waals surface area contributed by atoms with Crippen molar-refractivity contribution in [3.05, 3.63) is 0 Å². The Labute approximate surface area is 85.3 Å². The number of amides is 1. The van der Waals surface area contributed by atoms with Crippen LogP contribution in [-0.2, 0) is 4.79 Å². The van der Waals surface area contributed by atoms with Crippen molar-refractivity contribution >= 4 is 5.91 Å². The van der Waals surface area contributed by atoms with Gasteiger partial charge in [-0.15, -0.1) is 0 Å². The van der Waals surface area contributed by atoms with Gasteiger partial charge in [0.2, 0.25) is 5.91 Å². The van der Waals surface area contributed by atoms with Crippen molar-refractivity contribution in [1.82, 2.24) is 10.2 Å². The lowest BCUT2D eigenvalue weighted by Crippen LogP contribution is -2.43. The first-order valence-corrected chi connectivity index (χ1v) is 5.16. The van der Waals surface area contributed by atoms with Gasteiger partial charge in [-0.2, -0.15) is 0 Å². The summed E-state index contributed by atoms with van der Waals surface area (Å²) in [6.45, 7) is 0.787. The van der Waals surface area contributed by atoms with Crippen molar-refractivity contribution in [2.45, 2.75) is 31.3 Å². The second-order valence-corrected chi connectivity index (χ2v) is 4.45. The van der Waals surface area contributed by atoms with Crippen LogP contribution in [0.1, 0.15) is 25.7 Å². The van der Waals surface area contributed by atoms with Crippen LogP contribution in [0.2, 0.25) is 0 Å². The Morgan fingerprint density at radius 3 is 2.50 bits per heavy atom. The summed E-state index contributed by atoms with van der Waals surface area (Å²) in [6.07, 6.45) is 3.77. The van der Waals surface area contributed by atoms with Crippen LogP contribution in [0.4, 0.5) is 0 Å². The first-order valence-electron chi connectivity index (χ1n) is 5.16. The molecular weight excluding hydrogens is 180 g/mol. The molecule has 0 aromatic carbocycles. The fourth-order valence-corrected chi connectivity index (χ4v) is 1.82. The first-order chi connectivity index (χ1) is 6.52. The maximum Gasteiger partial charge on any atom is 0.234 e. The number of carbonyl (C=O) groups excluding carboxylic acids is 1. The highest BCUT2D eigenvalue weighted by Gasteiger charge is 2.31. The number of nitrogens with zero attached hydrogens (tertiary/aromatic N) is 1. The molecule has 14 heavy (non-hydrogen) atoms. The molecule has 1 aliphatic carbocycles. The van der Waals surface area contributed by atoms with Crippen LogP contribution in [0.5, 0.6) is 0 Å². The lowest BCUT2D eigenvalue weighted by Gasteiger charge is -2.22.